The Balaban J connectivity index is 1.89. The van der Waals surface area contributed by atoms with Gasteiger partial charge < -0.3 is 19.9 Å². The van der Waals surface area contributed by atoms with E-state index in [0.717, 1.165) is 11.1 Å². The van der Waals surface area contributed by atoms with Gasteiger partial charge in [0.15, 0.2) is 16.4 Å². The van der Waals surface area contributed by atoms with Gasteiger partial charge in [0.25, 0.3) is 0 Å². The highest BCUT2D eigenvalue weighted by molar-refractivity contribution is 7.80. The van der Waals surface area contributed by atoms with Crippen molar-refractivity contribution < 1.29 is 14.3 Å². The summed E-state index contributed by atoms with van der Waals surface area (Å²) >= 11 is 6.05. The van der Waals surface area contributed by atoms with E-state index in [1.807, 2.05) is 67.3 Å². The molecular formula is C27H34N4O3S. The van der Waals surface area contributed by atoms with Gasteiger partial charge in [-0.3, -0.25) is 9.69 Å². The average molecular weight is 495 g/mol. The number of amides is 2. The van der Waals surface area contributed by atoms with E-state index < -0.39 is 11.3 Å². The van der Waals surface area contributed by atoms with Crippen molar-refractivity contribution in [3.8, 4) is 0 Å². The number of fused-ring (bicyclic) bond motifs is 1. The summed E-state index contributed by atoms with van der Waals surface area (Å²) in [5.41, 5.74) is 0.0508. The largest absolute Gasteiger partial charge is 0.463 e. The number of benzene rings is 2. The number of thiocarbonyl (C=S) groups is 1. The van der Waals surface area contributed by atoms with E-state index in [1.54, 1.807) is 0 Å². The van der Waals surface area contributed by atoms with Gasteiger partial charge in [0.1, 0.15) is 0 Å². The molecule has 186 valence electrons. The number of likely N-dealkylation sites (N-methyl/N-ethyl adjacent to an activating group) is 2. The number of ether oxygens (including phenoxy) is 1. The van der Waals surface area contributed by atoms with E-state index in [9.17, 15) is 9.59 Å². The first-order chi connectivity index (χ1) is 16.8. The standard InChI is InChI=1S/C27H34N4O3S/c1-5-29-25(35)30(6-2)27(22-16-11-8-12-17-22)26(29,21-14-9-7-10-15-21)28-24(33)31(27)19-13-18-23(32)34-20(3)4/h7-12,14-17,20H,5-6,13,18-19H2,1-4H3,(H,28,33). The van der Waals surface area contributed by atoms with Crippen LogP contribution in [0.5, 0.6) is 0 Å². The molecule has 1 N–H and O–H groups in total. The molecule has 2 aromatic carbocycles. The maximum absolute atomic E-state index is 13.8. The minimum Gasteiger partial charge on any atom is -0.463 e. The number of hydrogen-bond donors (Lipinski definition) is 1. The van der Waals surface area contributed by atoms with Crippen LogP contribution in [0, 0.1) is 0 Å². The first kappa shape index (κ1) is 25.0. The lowest BCUT2D eigenvalue weighted by atomic mass is 9.80. The lowest BCUT2D eigenvalue weighted by Crippen LogP contribution is -2.63. The first-order valence-electron chi connectivity index (χ1n) is 12.3. The summed E-state index contributed by atoms with van der Waals surface area (Å²) in [6.07, 6.45) is 0.550. The van der Waals surface area contributed by atoms with Gasteiger partial charge in [0, 0.05) is 37.2 Å². The second-order valence-electron chi connectivity index (χ2n) is 9.11. The van der Waals surface area contributed by atoms with Crippen LogP contribution in [0.15, 0.2) is 60.7 Å². The summed E-state index contributed by atoms with van der Waals surface area (Å²) in [4.78, 5) is 32.2. The highest BCUT2D eigenvalue weighted by atomic mass is 32.1. The average Bonchev–Trinajstić information content (AvgIpc) is 3.22. The van der Waals surface area contributed by atoms with Crippen molar-refractivity contribution in [1.29, 1.82) is 0 Å². The van der Waals surface area contributed by atoms with Gasteiger partial charge in [-0.15, -0.1) is 0 Å². The summed E-state index contributed by atoms with van der Waals surface area (Å²) in [6.45, 7) is 9.40. The number of carbonyl (C=O) groups is 2. The van der Waals surface area contributed by atoms with E-state index >= 15 is 0 Å². The fourth-order valence-electron chi connectivity index (χ4n) is 5.68. The van der Waals surface area contributed by atoms with Gasteiger partial charge in [-0.25, -0.2) is 4.79 Å². The number of urea groups is 1. The molecule has 2 aliphatic rings. The topological polar surface area (TPSA) is 65.1 Å². The second kappa shape index (κ2) is 9.85. The molecule has 2 saturated heterocycles. The highest BCUT2D eigenvalue weighted by Gasteiger charge is 2.74. The van der Waals surface area contributed by atoms with E-state index in [-0.39, 0.29) is 24.5 Å². The molecule has 2 aromatic rings. The Kier molecular flexibility index (Phi) is 7.03. The van der Waals surface area contributed by atoms with Crippen molar-refractivity contribution in [1.82, 2.24) is 20.0 Å². The van der Waals surface area contributed by atoms with Crippen LogP contribution in [0.25, 0.3) is 0 Å². The molecule has 7 nitrogen and oxygen atoms in total. The minimum atomic E-state index is -0.938. The summed E-state index contributed by atoms with van der Waals surface area (Å²) in [5.74, 6) is -0.257. The van der Waals surface area contributed by atoms with Crippen LogP contribution in [0.2, 0.25) is 0 Å². The summed E-state index contributed by atoms with van der Waals surface area (Å²) < 4.78 is 5.32. The Morgan fingerprint density at radius 3 is 2.06 bits per heavy atom. The molecule has 0 bridgehead atoms. The molecule has 0 spiro atoms. The zero-order valence-corrected chi connectivity index (χ0v) is 21.7. The summed E-state index contributed by atoms with van der Waals surface area (Å²) in [7, 11) is 0. The third kappa shape index (κ3) is 3.75. The van der Waals surface area contributed by atoms with E-state index in [2.05, 4.69) is 41.1 Å². The third-order valence-electron chi connectivity index (χ3n) is 6.82. The quantitative estimate of drug-likeness (QED) is 0.412. The number of nitrogens with one attached hydrogen (secondary N) is 1. The van der Waals surface area contributed by atoms with Crippen LogP contribution in [0.4, 0.5) is 4.79 Å². The van der Waals surface area contributed by atoms with E-state index in [1.165, 1.54) is 0 Å². The molecule has 4 rings (SSSR count). The fourth-order valence-corrected chi connectivity index (χ4v) is 6.21. The number of hydrogen-bond acceptors (Lipinski definition) is 4. The number of esters is 1. The molecule has 2 aliphatic heterocycles. The molecule has 0 radical (unpaired) electrons. The minimum absolute atomic E-state index is 0.167. The molecule has 0 saturated carbocycles. The Labute approximate surface area is 213 Å². The van der Waals surface area contributed by atoms with Gasteiger partial charge in [-0.1, -0.05) is 60.7 Å². The predicted octanol–water partition coefficient (Wildman–Crippen LogP) is 4.39. The van der Waals surface area contributed by atoms with Crippen LogP contribution >= 0.6 is 12.2 Å². The molecule has 0 aromatic heterocycles. The first-order valence-corrected chi connectivity index (χ1v) is 12.7. The molecular weight excluding hydrogens is 460 g/mol. The van der Waals surface area contributed by atoms with Crippen LogP contribution in [-0.4, -0.2) is 57.6 Å². The molecule has 0 aliphatic carbocycles. The van der Waals surface area contributed by atoms with Gasteiger partial charge in [-0.05, 0) is 46.3 Å². The van der Waals surface area contributed by atoms with Crippen molar-refractivity contribution in [2.45, 2.75) is 58.0 Å². The van der Waals surface area contributed by atoms with Crippen LogP contribution in [-0.2, 0) is 20.9 Å². The molecule has 2 fully saturated rings. The zero-order valence-electron chi connectivity index (χ0n) is 20.9. The van der Waals surface area contributed by atoms with Crippen molar-refractivity contribution in [2.24, 2.45) is 0 Å². The van der Waals surface area contributed by atoms with E-state index in [0.29, 0.717) is 31.2 Å². The molecule has 2 atom stereocenters. The Bertz CT molecular complexity index is 1080. The smallest absolute Gasteiger partial charge is 0.321 e. The van der Waals surface area contributed by atoms with Gasteiger partial charge in [0.2, 0.25) is 0 Å². The highest BCUT2D eigenvalue weighted by Crippen LogP contribution is 2.57. The van der Waals surface area contributed by atoms with Gasteiger partial charge in [-0.2, -0.15) is 0 Å². The Morgan fingerprint density at radius 2 is 1.51 bits per heavy atom. The maximum Gasteiger partial charge on any atom is 0.321 e. The van der Waals surface area contributed by atoms with Crippen molar-refractivity contribution >= 4 is 29.3 Å². The molecule has 8 heteroatoms. The fraction of sp³-hybridized carbons (Fsp3) is 0.444. The van der Waals surface area contributed by atoms with E-state index in [4.69, 9.17) is 17.0 Å². The maximum atomic E-state index is 13.8. The van der Waals surface area contributed by atoms with Gasteiger partial charge in [0.05, 0.1) is 6.10 Å². The molecule has 2 heterocycles. The Morgan fingerprint density at radius 1 is 0.943 bits per heavy atom. The van der Waals surface area contributed by atoms with Crippen LogP contribution in [0.3, 0.4) is 0 Å². The van der Waals surface area contributed by atoms with Crippen molar-refractivity contribution in [3.63, 3.8) is 0 Å². The predicted molar refractivity (Wildman–Crippen MR) is 139 cm³/mol. The SMILES string of the molecule is CCN1C(=S)N(CC)C2(c3ccccc3)N(CCCC(=O)OC(C)C)C(=O)NC12c1ccccc1. The molecule has 35 heavy (non-hydrogen) atoms. The second-order valence-corrected chi connectivity index (χ2v) is 9.47. The van der Waals surface area contributed by atoms with Gasteiger partial charge >= 0.3 is 12.0 Å². The summed E-state index contributed by atoms with van der Waals surface area (Å²) in [5, 5.41) is 4.06. The molecule has 2 amide bonds. The third-order valence-corrected chi connectivity index (χ3v) is 7.26. The van der Waals surface area contributed by atoms with Crippen molar-refractivity contribution in [2.75, 3.05) is 19.6 Å². The molecule has 2 unspecified atom stereocenters. The Hall–Kier alpha value is -3.13. The lowest BCUT2D eigenvalue weighted by Gasteiger charge is -2.48. The lowest BCUT2D eigenvalue weighted by molar-refractivity contribution is -0.147. The number of rotatable bonds is 9. The van der Waals surface area contributed by atoms with Crippen LogP contribution in [0.1, 0.15) is 51.7 Å². The number of nitrogens with zero attached hydrogens (tertiary/aromatic N) is 3. The normalized spacial score (nSPS) is 23.6. The van der Waals surface area contributed by atoms with Crippen LogP contribution < -0.4 is 5.32 Å². The monoisotopic (exact) mass is 494 g/mol. The number of carbonyl (C=O) groups excluding carboxylic acids is 2. The van der Waals surface area contributed by atoms with Crippen molar-refractivity contribution in [3.05, 3.63) is 71.8 Å². The zero-order chi connectivity index (χ0) is 25.2. The summed E-state index contributed by atoms with van der Waals surface area (Å²) in [6, 6.07) is 19.9.